The Bertz CT molecular complexity index is 1000. The van der Waals surface area contributed by atoms with Crippen LogP contribution in [-0.2, 0) is 16.2 Å². The number of hydrogen-bond acceptors (Lipinski definition) is 4. The molecule has 2 aromatic carbocycles. The number of rotatable bonds is 5. The van der Waals surface area contributed by atoms with Gasteiger partial charge in [-0.25, -0.2) is 0 Å². The van der Waals surface area contributed by atoms with Crippen molar-refractivity contribution < 1.29 is 14.3 Å². The fraction of sp³-hybridized carbons (Fsp3) is 0.261. The summed E-state index contributed by atoms with van der Waals surface area (Å²) in [6, 6.07) is 15.5. The Morgan fingerprint density at radius 2 is 1.72 bits per heavy atom. The molecule has 5 nitrogen and oxygen atoms in total. The number of fused-ring (bicyclic) bond motifs is 5. The number of imide groups is 1. The van der Waals surface area contributed by atoms with Gasteiger partial charge in [0.15, 0.2) is 0 Å². The average molecular weight is 451 g/mol. The van der Waals surface area contributed by atoms with Crippen molar-refractivity contribution in [1.82, 2.24) is 5.01 Å². The van der Waals surface area contributed by atoms with Crippen molar-refractivity contribution in [2.24, 2.45) is 28.8 Å². The zero-order valence-corrected chi connectivity index (χ0v) is 17.2. The summed E-state index contributed by atoms with van der Waals surface area (Å²) in [5, 5.41) is 5.33. The molecule has 2 amide bonds. The molecule has 2 aromatic rings. The molecule has 1 saturated heterocycles. The Kier molecular flexibility index (Phi) is 4.59. The number of amides is 2. The minimum atomic E-state index is -0.244. The van der Waals surface area contributed by atoms with Crippen LogP contribution in [0.4, 0.5) is 0 Å². The number of nitrogens with zero attached hydrogens (tertiary/aromatic N) is 2. The van der Waals surface area contributed by atoms with Crippen molar-refractivity contribution in [2.45, 2.75) is 13.0 Å². The number of benzene rings is 2. The van der Waals surface area contributed by atoms with Gasteiger partial charge in [0.25, 0.3) is 11.8 Å². The van der Waals surface area contributed by atoms with Gasteiger partial charge in [-0.15, -0.1) is 0 Å². The number of carbonyl (C=O) groups excluding carboxylic acids is 2. The highest BCUT2D eigenvalue weighted by Gasteiger charge is 2.59. The molecule has 2 aliphatic carbocycles. The summed E-state index contributed by atoms with van der Waals surface area (Å²) in [5.74, 6) is 0.137. The lowest BCUT2D eigenvalue weighted by Crippen LogP contribution is -2.28. The van der Waals surface area contributed by atoms with Crippen molar-refractivity contribution in [3.8, 4) is 5.75 Å². The molecule has 5 rings (SSSR count). The predicted molar refractivity (Wildman–Crippen MR) is 112 cm³/mol. The van der Waals surface area contributed by atoms with Gasteiger partial charge in [-0.05, 0) is 42.0 Å². The largest absolute Gasteiger partial charge is 0.488 e. The van der Waals surface area contributed by atoms with Crippen LogP contribution in [0.3, 0.4) is 0 Å². The molecule has 0 aromatic heterocycles. The number of ether oxygens (including phenoxy) is 1. The Morgan fingerprint density at radius 3 is 2.41 bits per heavy atom. The first kappa shape index (κ1) is 18.3. The molecule has 1 aliphatic heterocycles. The van der Waals surface area contributed by atoms with E-state index in [1.54, 1.807) is 0 Å². The molecule has 0 N–H and O–H groups in total. The van der Waals surface area contributed by atoms with Crippen molar-refractivity contribution >= 4 is 34.0 Å². The van der Waals surface area contributed by atoms with Gasteiger partial charge in [0.1, 0.15) is 12.4 Å². The van der Waals surface area contributed by atoms with E-state index in [-0.39, 0.29) is 35.5 Å². The summed E-state index contributed by atoms with van der Waals surface area (Å²) in [5.41, 5.74) is 1.76. The molecule has 29 heavy (non-hydrogen) atoms. The molecule has 2 fully saturated rings. The van der Waals surface area contributed by atoms with E-state index in [2.05, 4.69) is 33.2 Å². The third-order valence-corrected chi connectivity index (χ3v) is 6.46. The Hall–Kier alpha value is -2.73. The molecule has 0 unspecified atom stereocenters. The van der Waals surface area contributed by atoms with Crippen molar-refractivity contribution in [1.29, 1.82) is 0 Å². The second kappa shape index (κ2) is 7.26. The number of hydrogen-bond donors (Lipinski definition) is 0. The molecule has 4 atom stereocenters. The van der Waals surface area contributed by atoms with Crippen LogP contribution < -0.4 is 4.74 Å². The Labute approximate surface area is 177 Å². The van der Waals surface area contributed by atoms with E-state index in [1.165, 1.54) is 6.21 Å². The van der Waals surface area contributed by atoms with Gasteiger partial charge in [0, 0.05) is 10.0 Å². The SMILES string of the molecule is O=C1[C@@H]2[C@H](C(=O)N1N=Cc1cc(Br)ccc1OCc1ccccc1)[C@H]1C=C[C@H]2C1. The minimum Gasteiger partial charge on any atom is -0.488 e. The highest BCUT2D eigenvalue weighted by atomic mass is 79.9. The van der Waals surface area contributed by atoms with Crippen molar-refractivity contribution in [3.05, 3.63) is 76.3 Å². The summed E-state index contributed by atoms with van der Waals surface area (Å²) in [6.07, 6.45) is 6.60. The Balaban J connectivity index is 1.36. The zero-order valence-electron chi connectivity index (χ0n) is 15.6. The van der Waals surface area contributed by atoms with Gasteiger partial charge < -0.3 is 4.74 Å². The summed E-state index contributed by atoms with van der Waals surface area (Å²) in [6.45, 7) is 0.421. The molecule has 6 heteroatoms. The molecular formula is C23H19BrN2O3. The zero-order chi connectivity index (χ0) is 20.0. The van der Waals surface area contributed by atoms with Crippen molar-refractivity contribution in [2.75, 3.05) is 0 Å². The molecule has 2 bridgehead atoms. The summed E-state index contributed by atoms with van der Waals surface area (Å²) >= 11 is 3.46. The minimum absolute atomic E-state index is 0.178. The van der Waals surface area contributed by atoms with Gasteiger partial charge in [-0.1, -0.05) is 58.4 Å². The maximum absolute atomic E-state index is 12.8. The quantitative estimate of drug-likeness (QED) is 0.390. The maximum Gasteiger partial charge on any atom is 0.254 e. The van der Waals surface area contributed by atoms with Crippen LogP contribution in [0.15, 0.2) is 70.3 Å². The standard InChI is InChI=1S/C23H19BrN2O3/c24-18-8-9-19(29-13-14-4-2-1-3-5-14)17(11-18)12-25-26-22(27)20-15-6-7-16(10-15)21(20)23(26)28/h1-9,11-12,15-16,20-21H,10,13H2/t15-,16-,20-,21+/m0/s1. The summed E-state index contributed by atoms with van der Waals surface area (Å²) < 4.78 is 6.82. The lowest BCUT2D eigenvalue weighted by Gasteiger charge is -2.13. The van der Waals surface area contributed by atoms with Crippen LogP contribution in [0.1, 0.15) is 17.5 Å². The lowest BCUT2D eigenvalue weighted by molar-refractivity contribution is -0.140. The van der Waals surface area contributed by atoms with Crippen molar-refractivity contribution in [3.63, 3.8) is 0 Å². The van der Waals surface area contributed by atoms with E-state index in [0.717, 1.165) is 21.5 Å². The van der Waals surface area contributed by atoms with E-state index in [4.69, 9.17) is 4.74 Å². The first-order valence-electron chi connectivity index (χ1n) is 9.68. The fourth-order valence-corrected chi connectivity index (χ4v) is 4.99. The van der Waals surface area contributed by atoms with Gasteiger partial charge >= 0.3 is 0 Å². The van der Waals surface area contributed by atoms with E-state index < -0.39 is 0 Å². The van der Waals surface area contributed by atoms with Crippen LogP contribution in [-0.4, -0.2) is 23.0 Å². The van der Waals surface area contributed by atoms with Gasteiger partial charge in [0.05, 0.1) is 18.1 Å². The second-order valence-corrected chi connectivity index (χ2v) is 8.60. The van der Waals surface area contributed by atoms with Crippen LogP contribution in [0.25, 0.3) is 0 Å². The predicted octanol–water partition coefficient (Wildman–Crippen LogP) is 4.17. The first-order chi connectivity index (χ1) is 14.1. The van der Waals surface area contributed by atoms with E-state index >= 15 is 0 Å². The molecular weight excluding hydrogens is 432 g/mol. The normalized spacial score (nSPS) is 27.3. The van der Waals surface area contributed by atoms with Crippen LogP contribution in [0.5, 0.6) is 5.75 Å². The summed E-state index contributed by atoms with van der Waals surface area (Å²) in [7, 11) is 0. The summed E-state index contributed by atoms with van der Waals surface area (Å²) in [4.78, 5) is 25.6. The fourth-order valence-electron chi connectivity index (χ4n) is 4.61. The van der Waals surface area contributed by atoms with Gasteiger partial charge in [0.2, 0.25) is 0 Å². The van der Waals surface area contributed by atoms with E-state index in [0.29, 0.717) is 17.9 Å². The number of halogens is 1. The monoisotopic (exact) mass is 450 g/mol. The molecule has 0 spiro atoms. The number of carbonyl (C=O) groups is 2. The molecule has 1 heterocycles. The average Bonchev–Trinajstić information content (AvgIpc) is 3.41. The lowest BCUT2D eigenvalue weighted by atomic mass is 9.85. The number of hydrazone groups is 1. The van der Waals surface area contributed by atoms with Crippen LogP contribution in [0, 0.1) is 23.7 Å². The Morgan fingerprint density at radius 1 is 1.03 bits per heavy atom. The highest BCUT2D eigenvalue weighted by molar-refractivity contribution is 9.10. The molecule has 146 valence electrons. The van der Waals surface area contributed by atoms with Gasteiger partial charge in [-0.2, -0.15) is 10.1 Å². The molecule has 1 saturated carbocycles. The molecule has 3 aliphatic rings. The smallest absolute Gasteiger partial charge is 0.254 e. The second-order valence-electron chi connectivity index (χ2n) is 7.69. The first-order valence-corrected chi connectivity index (χ1v) is 10.5. The third kappa shape index (κ3) is 3.21. The highest BCUT2D eigenvalue weighted by Crippen LogP contribution is 2.52. The third-order valence-electron chi connectivity index (χ3n) is 5.97. The van der Waals surface area contributed by atoms with Gasteiger partial charge in [-0.3, -0.25) is 9.59 Å². The number of allylic oxidation sites excluding steroid dienone is 2. The van der Waals surface area contributed by atoms with Crippen LogP contribution in [0.2, 0.25) is 0 Å². The molecule has 0 radical (unpaired) electrons. The topological polar surface area (TPSA) is 59.0 Å². The maximum atomic E-state index is 12.8. The van der Waals surface area contributed by atoms with Crippen LogP contribution >= 0.6 is 15.9 Å². The van der Waals surface area contributed by atoms with E-state index in [1.807, 2.05) is 48.5 Å². The van der Waals surface area contributed by atoms with E-state index in [9.17, 15) is 9.59 Å².